The van der Waals surface area contributed by atoms with Gasteiger partial charge in [-0.1, -0.05) is 18.2 Å². The lowest BCUT2D eigenvalue weighted by atomic mass is 10.00. The van der Waals surface area contributed by atoms with Gasteiger partial charge in [0.1, 0.15) is 12.2 Å². The van der Waals surface area contributed by atoms with Crippen LogP contribution >= 0.6 is 0 Å². The van der Waals surface area contributed by atoms with E-state index in [2.05, 4.69) is 15.3 Å². The molecule has 0 bridgehead atoms. The maximum absolute atomic E-state index is 11.5. The number of hydrogen-bond acceptors (Lipinski definition) is 8. The van der Waals surface area contributed by atoms with E-state index in [4.69, 9.17) is 9.84 Å². The zero-order chi connectivity index (χ0) is 16.1. The maximum atomic E-state index is 11.5. The van der Waals surface area contributed by atoms with E-state index in [0.29, 0.717) is 5.69 Å². The summed E-state index contributed by atoms with van der Waals surface area (Å²) in [7, 11) is 0. The number of hydrogen-bond donors (Lipinski definition) is 5. The highest BCUT2D eigenvalue weighted by atomic mass is 16.7. The van der Waals surface area contributed by atoms with Crippen molar-refractivity contribution in [2.24, 2.45) is 5.16 Å². The molecule has 120 valence electrons. The molecule has 2 rings (SSSR count). The number of carbonyl (C=O) groups is 1. The summed E-state index contributed by atoms with van der Waals surface area (Å²) in [6.45, 7) is -0.611. The molecule has 0 saturated carbocycles. The number of benzene rings is 1. The van der Waals surface area contributed by atoms with Gasteiger partial charge in [-0.15, -0.1) is 0 Å². The van der Waals surface area contributed by atoms with Gasteiger partial charge in [0.25, 0.3) is 5.90 Å². The Balaban J connectivity index is 1.98. The van der Waals surface area contributed by atoms with Crippen molar-refractivity contribution in [3.63, 3.8) is 0 Å². The van der Waals surface area contributed by atoms with Crippen molar-refractivity contribution in [1.29, 1.82) is 0 Å². The van der Waals surface area contributed by atoms with Gasteiger partial charge >= 0.3 is 6.09 Å². The molecule has 0 radical (unpaired) electrons. The minimum Gasteiger partial charge on any atom is -0.468 e. The molecule has 0 aromatic heterocycles. The maximum Gasteiger partial charge on any atom is 0.437 e. The van der Waals surface area contributed by atoms with E-state index in [9.17, 15) is 20.1 Å². The number of nitrogens with one attached hydrogen (secondary N) is 1. The smallest absolute Gasteiger partial charge is 0.437 e. The Labute approximate surface area is 125 Å². The predicted molar refractivity (Wildman–Crippen MR) is 74.0 cm³/mol. The van der Waals surface area contributed by atoms with Gasteiger partial charge in [0.2, 0.25) is 0 Å². The first-order valence-corrected chi connectivity index (χ1v) is 6.45. The van der Waals surface area contributed by atoms with Crippen LogP contribution in [0.2, 0.25) is 0 Å². The summed E-state index contributed by atoms with van der Waals surface area (Å²) in [5.74, 6) is -0.514. The second kappa shape index (κ2) is 7.18. The second-order valence-electron chi connectivity index (χ2n) is 4.56. The van der Waals surface area contributed by atoms with Gasteiger partial charge in [-0.2, -0.15) is 0 Å². The van der Waals surface area contributed by atoms with E-state index in [1.165, 1.54) is 0 Å². The fraction of sp³-hybridized carbons (Fsp3) is 0.385. The number of amides is 1. The Morgan fingerprint density at radius 3 is 2.55 bits per heavy atom. The number of anilines is 1. The van der Waals surface area contributed by atoms with Gasteiger partial charge in [0, 0.05) is 5.69 Å². The zero-order valence-corrected chi connectivity index (χ0v) is 11.4. The van der Waals surface area contributed by atoms with Gasteiger partial charge < -0.3 is 25.2 Å². The lowest BCUT2D eigenvalue weighted by Gasteiger charge is -2.34. The van der Waals surface area contributed by atoms with Crippen LogP contribution in [0.5, 0.6) is 0 Å². The second-order valence-corrected chi connectivity index (χ2v) is 4.56. The van der Waals surface area contributed by atoms with Crippen molar-refractivity contribution >= 4 is 17.7 Å². The van der Waals surface area contributed by atoms with Crippen LogP contribution in [0, 0.1) is 0 Å². The summed E-state index contributed by atoms with van der Waals surface area (Å²) in [4.78, 5) is 16.0. The third kappa shape index (κ3) is 3.71. The minimum atomic E-state index is -1.68. The fourth-order valence-electron chi connectivity index (χ4n) is 1.82. The first kappa shape index (κ1) is 16.2. The number of nitrogens with zero attached hydrogens (tertiary/aromatic N) is 1. The van der Waals surface area contributed by atoms with Gasteiger partial charge in [0.15, 0.2) is 12.2 Å². The third-order valence-electron chi connectivity index (χ3n) is 3.00. The van der Waals surface area contributed by atoms with Crippen LogP contribution < -0.4 is 5.32 Å². The molecule has 0 unspecified atom stereocenters. The molecular weight excluding hydrogens is 296 g/mol. The van der Waals surface area contributed by atoms with Crippen molar-refractivity contribution in [2.75, 3.05) is 11.9 Å². The van der Waals surface area contributed by atoms with Crippen LogP contribution in [-0.2, 0) is 9.57 Å². The summed E-state index contributed by atoms with van der Waals surface area (Å²) in [6.07, 6.45) is -6.90. The monoisotopic (exact) mass is 312 g/mol. The van der Waals surface area contributed by atoms with Gasteiger partial charge in [-0.25, -0.2) is 4.79 Å². The summed E-state index contributed by atoms with van der Waals surface area (Å²) in [5, 5.41) is 43.5. The molecule has 1 saturated heterocycles. The van der Waals surface area contributed by atoms with E-state index >= 15 is 0 Å². The zero-order valence-electron chi connectivity index (χ0n) is 11.4. The van der Waals surface area contributed by atoms with Gasteiger partial charge in [-0.05, 0) is 17.3 Å². The van der Waals surface area contributed by atoms with Crippen molar-refractivity contribution < 1.29 is 34.8 Å². The quantitative estimate of drug-likeness (QED) is 0.357. The van der Waals surface area contributed by atoms with Crippen LogP contribution in [0.15, 0.2) is 35.5 Å². The Kier molecular flexibility index (Phi) is 5.28. The molecule has 0 spiro atoms. The SMILES string of the molecule is O=C(Nc1ccccc1)O/N=C1\O[C@@H](CO)[C@@H](O)[C@@H](O)[C@@H]1O. The molecule has 22 heavy (non-hydrogen) atoms. The first-order chi connectivity index (χ1) is 10.5. The van der Waals surface area contributed by atoms with E-state index in [-0.39, 0.29) is 0 Å². The Morgan fingerprint density at radius 2 is 1.91 bits per heavy atom. The lowest BCUT2D eigenvalue weighted by molar-refractivity contribution is -0.130. The predicted octanol–water partition coefficient (Wildman–Crippen LogP) is -0.978. The molecule has 1 fully saturated rings. The molecule has 1 aromatic carbocycles. The molecule has 9 heteroatoms. The molecule has 1 aliphatic rings. The molecule has 9 nitrogen and oxygen atoms in total. The number of para-hydroxylation sites is 1. The molecule has 1 heterocycles. The van der Waals surface area contributed by atoms with Crippen LogP contribution in [-0.4, -0.2) is 63.4 Å². The van der Waals surface area contributed by atoms with Gasteiger partial charge in [0.05, 0.1) is 6.61 Å². The minimum absolute atomic E-state index is 0.474. The average molecular weight is 312 g/mol. The highest BCUT2D eigenvalue weighted by Crippen LogP contribution is 2.17. The standard InChI is InChI=1S/C13H16N2O7/c16-6-8-9(17)10(18)11(19)12(21-8)15-22-13(20)14-7-4-2-1-3-5-7/h1-5,8-11,16-19H,6H2,(H,14,20)/b15-12-/t8-,9+,10+,11-/m0/s1. The van der Waals surface area contributed by atoms with Gasteiger partial charge in [-0.3, -0.25) is 10.2 Å². The molecule has 0 aliphatic carbocycles. The normalized spacial score (nSPS) is 29.7. The number of aliphatic hydroxyl groups excluding tert-OH is 4. The average Bonchev–Trinajstić information content (AvgIpc) is 2.53. The van der Waals surface area contributed by atoms with Crippen molar-refractivity contribution in [2.45, 2.75) is 24.4 Å². The largest absolute Gasteiger partial charge is 0.468 e. The number of ether oxygens (including phenoxy) is 1. The Bertz CT molecular complexity index is 534. The van der Waals surface area contributed by atoms with E-state index < -0.39 is 43.0 Å². The van der Waals surface area contributed by atoms with Crippen LogP contribution in [0.1, 0.15) is 0 Å². The van der Waals surface area contributed by atoms with E-state index in [0.717, 1.165) is 0 Å². The highest BCUT2D eigenvalue weighted by molar-refractivity contribution is 5.86. The van der Waals surface area contributed by atoms with Crippen molar-refractivity contribution in [1.82, 2.24) is 0 Å². The molecule has 1 aliphatic heterocycles. The van der Waals surface area contributed by atoms with Crippen LogP contribution in [0.25, 0.3) is 0 Å². The Morgan fingerprint density at radius 1 is 1.23 bits per heavy atom. The van der Waals surface area contributed by atoms with E-state index in [1.54, 1.807) is 30.3 Å². The number of oxime groups is 1. The van der Waals surface area contributed by atoms with Crippen LogP contribution in [0.3, 0.4) is 0 Å². The summed E-state index contributed by atoms with van der Waals surface area (Å²) in [5.41, 5.74) is 0.474. The van der Waals surface area contributed by atoms with Crippen molar-refractivity contribution in [3.05, 3.63) is 30.3 Å². The molecule has 1 amide bonds. The molecule has 5 N–H and O–H groups in total. The fourth-order valence-corrected chi connectivity index (χ4v) is 1.82. The highest BCUT2D eigenvalue weighted by Gasteiger charge is 2.42. The lowest BCUT2D eigenvalue weighted by Crippen LogP contribution is -2.56. The molecule has 4 atom stereocenters. The molecular formula is C13H16N2O7. The summed E-state index contributed by atoms with van der Waals surface area (Å²) >= 11 is 0. The van der Waals surface area contributed by atoms with Crippen molar-refractivity contribution in [3.8, 4) is 0 Å². The molecule has 1 aromatic rings. The van der Waals surface area contributed by atoms with Crippen LogP contribution in [0.4, 0.5) is 10.5 Å². The number of carbonyl (C=O) groups excluding carboxylic acids is 1. The summed E-state index contributed by atoms with van der Waals surface area (Å²) in [6, 6.07) is 8.44. The Hall–Kier alpha value is -2.20. The number of rotatable bonds is 3. The topological polar surface area (TPSA) is 141 Å². The number of aliphatic hydroxyl groups is 4. The third-order valence-corrected chi connectivity index (χ3v) is 3.00. The van der Waals surface area contributed by atoms with E-state index in [1.807, 2.05) is 0 Å². The summed E-state index contributed by atoms with van der Waals surface area (Å²) < 4.78 is 4.97. The first-order valence-electron chi connectivity index (χ1n) is 6.45.